The minimum Gasteiger partial charge on any atom is -0.348 e. The molecule has 174 valence electrons. The number of benzene rings is 2. The summed E-state index contributed by atoms with van der Waals surface area (Å²) in [5.74, 6) is -0.699. The third-order valence-corrected chi connectivity index (χ3v) is 6.13. The van der Waals surface area contributed by atoms with Gasteiger partial charge in [-0.3, -0.25) is 14.2 Å². The standard InChI is InChI=1S/C23H21F3N2O4S/c1-3-17-9-12-20(21(29)27-14-15-7-10-19(11-8-15)33(2,31)32)22(30)28(17)18-6-4-5-16(13-18)23(24,25)26/h4-13H,3,14H2,1-2H3,(H,27,29). The van der Waals surface area contributed by atoms with E-state index in [1.54, 1.807) is 6.92 Å². The topological polar surface area (TPSA) is 85.2 Å². The van der Waals surface area contributed by atoms with Gasteiger partial charge >= 0.3 is 6.18 Å². The van der Waals surface area contributed by atoms with Crippen LogP contribution in [0.1, 0.15) is 34.1 Å². The highest BCUT2D eigenvalue weighted by Crippen LogP contribution is 2.30. The summed E-state index contributed by atoms with van der Waals surface area (Å²) < 4.78 is 63.6. The summed E-state index contributed by atoms with van der Waals surface area (Å²) in [6, 6.07) is 13.1. The lowest BCUT2D eigenvalue weighted by molar-refractivity contribution is -0.137. The predicted octanol–water partition coefficient (Wildman–Crippen LogP) is 3.75. The minimum absolute atomic E-state index is 0.0117. The molecule has 0 unspecified atom stereocenters. The van der Waals surface area contributed by atoms with E-state index in [1.807, 2.05) is 0 Å². The van der Waals surface area contributed by atoms with E-state index in [4.69, 9.17) is 0 Å². The summed E-state index contributed by atoms with van der Waals surface area (Å²) >= 11 is 0. The monoisotopic (exact) mass is 478 g/mol. The largest absolute Gasteiger partial charge is 0.416 e. The van der Waals surface area contributed by atoms with Gasteiger partial charge in [0.1, 0.15) is 5.56 Å². The van der Waals surface area contributed by atoms with Crippen molar-refractivity contribution < 1.29 is 26.4 Å². The number of hydrogen-bond acceptors (Lipinski definition) is 4. The van der Waals surface area contributed by atoms with E-state index in [-0.39, 0.29) is 22.7 Å². The number of aryl methyl sites for hydroxylation is 1. The van der Waals surface area contributed by atoms with Crippen molar-refractivity contribution in [1.29, 1.82) is 0 Å². The van der Waals surface area contributed by atoms with Crippen LogP contribution in [-0.2, 0) is 29.0 Å². The van der Waals surface area contributed by atoms with Crippen molar-refractivity contribution in [3.05, 3.63) is 93.4 Å². The van der Waals surface area contributed by atoms with Crippen LogP contribution in [0.3, 0.4) is 0 Å². The lowest BCUT2D eigenvalue weighted by Gasteiger charge is -2.15. The Balaban J connectivity index is 1.90. The van der Waals surface area contributed by atoms with Crippen molar-refractivity contribution in [3.63, 3.8) is 0 Å². The Morgan fingerprint density at radius 1 is 1.03 bits per heavy atom. The van der Waals surface area contributed by atoms with Gasteiger partial charge in [-0.2, -0.15) is 13.2 Å². The normalized spacial score (nSPS) is 11.9. The van der Waals surface area contributed by atoms with Crippen LogP contribution in [0.15, 0.2) is 70.4 Å². The molecule has 0 radical (unpaired) electrons. The van der Waals surface area contributed by atoms with Crippen LogP contribution in [0.25, 0.3) is 5.69 Å². The Morgan fingerprint density at radius 3 is 2.27 bits per heavy atom. The SMILES string of the molecule is CCc1ccc(C(=O)NCc2ccc(S(C)(=O)=O)cc2)c(=O)n1-c1cccc(C(F)(F)F)c1. The maximum atomic E-state index is 13.1. The van der Waals surface area contributed by atoms with Crippen molar-refractivity contribution >= 4 is 15.7 Å². The predicted molar refractivity (Wildman–Crippen MR) is 117 cm³/mol. The Labute approximate surface area is 188 Å². The molecule has 0 saturated heterocycles. The second-order valence-electron chi connectivity index (χ2n) is 7.38. The molecule has 1 aromatic heterocycles. The molecule has 0 saturated carbocycles. The number of amides is 1. The van der Waals surface area contributed by atoms with E-state index in [2.05, 4.69) is 5.32 Å². The molecule has 2 aromatic carbocycles. The highest BCUT2D eigenvalue weighted by molar-refractivity contribution is 7.90. The number of pyridine rings is 1. The average Bonchev–Trinajstić information content (AvgIpc) is 2.76. The van der Waals surface area contributed by atoms with Crippen molar-refractivity contribution in [2.75, 3.05) is 6.26 Å². The average molecular weight is 478 g/mol. The van der Waals surface area contributed by atoms with E-state index in [9.17, 15) is 31.2 Å². The number of carbonyl (C=O) groups is 1. The summed E-state index contributed by atoms with van der Waals surface area (Å²) in [4.78, 5) is 25.9. The Hall–Kier alpha value is -3.40. The Bertz CT molecular complexity index is 1350. The number of halogens is 3. The van der Waals surface area contributed by atoms with Crippen molar-refractivity contribution in [3.8, 4) is 5.69 Å². The van der Waals surface area contributed by atoms with Crippen molar-refractivity contribution in [2.45, 2.75) is 31.0 Å². The zero-order valence-electron chi connectivity index (χ0n) is 17.8. The maximum Gasteiger partial charge on any atom is 0.416 e. The maximum absolute atomic E-state index is 13.1. The summed E-state index contributed by atoms with van der Waals surface area (Å²) in [5.41, 5.74) is -0.790. The van der Waals surface area contributed by atoms with Crippen LogP contribution in [-0.4, -0.2) is 25.1 Å². The number of nitrogens with one attached hydrogen (secondary N) is 1. The van der Waals surface area contributed by atoms with Crippen LogP contribution in [0, 0.1) is 0 Å². The molecule has 0 bridgehead atoms. The number of sulfone groups is 1. The lowest BCUT2D eigenvalue weighted by atomic mass is 10.1. The quantitative estimate of drug-likeness (QED) is 0.585. The fourth-order valence-corrected chi connectivity index (χ4v) is 3.89. The molecule has 0 aliphatic rings. The summed E-state index contributed by atoms with van der Waals surface area (Å²) in [6.07, 6.45) is -3.13. The van der Waals surface area contributed by atoms with Crippen molar-refractivity contribution in [2.24, 2.45) is 0 Å². The first-order valence-corrected chi connectivity index (χ1v) is 11.8. The molecule has 0 aliphatic heterocycles. The minimum atomic E-state index is -4.58. The summed E-state index contributed by atoms with van der Waals surface area (Å²) in [5, 5.41) is 2.58. The zero-order valence-corrected chi connectivity index (χ0v) is 18.6. The van der Waals surface area contributed by atoms with E-state index in [0.717, 1.165) is 23.0 Å². The van der Waals surface area contributed by atoms with Gasteiger partial charge in [0.25, 0.3) is 11.5 Å². The zero-order chi connectivity index (χ0) is 24.4. The first-order valence-electron chi connectivity index (χ1n) is 9.91. The van der Waals surface area contributed by atoms with E-state index in [1.165, 1.54) is 48.5 Å². The number of hydrogen-bond donors (Lipinski definition) is 1. The molecule has 0 spiro atoms. The highest BCUT2D eigenvalue weighted by atomic mass is 32.2. The third-order valence-electron chi connectivity index (χ3n) is 5.01. The van der Waals surface area contributed by atoms with Gasteiger partial charge < -0.3 is 5.32 Å². The molecule has 3 rings (SSSR count). The molecule has 3 aromatic rings. The van der Waals surface area contributed by atoms with E-state index >= 15 is 0 Å². The Kier molecular flexibility index (Phi) is 6.78. The molecule has 10 heteroatoms. The number of alkyl halides is 3. The molecule has 1 N–H and O–H groups in total. The van der Waals surface area contributed by atoms with Gasteiger partial charge in [0.2, 0.25) is 0 Å². The fraction of sp³-hybridized carbons (Fsp3) is 0.217. The van der Waals surface area contributed by atoms with Gasteiger partial charge in [0, 0.05) is 24.2 Å². The van der Waals surface area contributed by atoms with Gasteiger partial charge in [-0.25, -0.2) is 8.42 Å². The van der Waals surface area contributed by atoms with Crippen LogP contribution >= 0.6 is 0 Å². The van der Waals surface area contributed by atoms with E-state index < -0.39 is 33.0 Å². The van der Waals surface area contributed by atoms with Crippen LogP contribution < -0.4 is 10.9 Å². The Morgan fingerprint density at radius 2 is 1.70 bits per heavy atom. The molecular formula is C23H21F3N2O4S. The third kappa shape index (κ3) is 5.51. The smallest absolute Gasteiger partial charge is 0.348 e. The second-order valence-corrected chi connectivity index (χ2v) is 9.40. The van der Waals surface area contributed by atoms with Crippen LogP contribution in [0.2, 0.25) is 0 Å². The number of nitrogens with zero attached hydrogens (tertiary/aromatic N) is 1. The van der Waals surface area contributed by atoms with Crippen molar-refractivity contribution in [1.82, 2.24) is 9.88 Å². The fourth-order valence-electron chi connectivity index (χ4n) is 3.26. The molecule has 0 aliphatic carbocycles. The molecule has 1 amide bonds. The summed E-state index contributed by atoms with van der Waals surface area (Å²) in [6.45, 7) is 1.78. The highest BCUT2D eigenvalue weighted by Gasteiger charge is 2.30. The molecule has 33 heavy (non-hydrogen) atoms. The summed E-state index contributed by atoms with van der Waals surface area (Å²) in [7, 11) is -3.35. The molecular weight excluding hydrogens is 457 g/mol. The molecule has 0 fully saturated rings. The van der Waals surface area contributed by atoms with Gasteiger partial charge in [0.05, 0.1) is 10.5 Å². The number of rotatable bonds is 6. The van der Waals surface area contributed by atoms with Gasteiger partial charge in [-0.15, -0.1) is 0 Å². The van der Waals surface area contributed by atoms with Gasteiger partial charge in [0.15, 0.2) is 9.84 Å². The van der Waals surface area contributed by atoms with Crippen LogP contribution in [0.5, 0.6) is 0 Å². The second kappa shape index (κ2) is 9.22. The molecule has 1 heterocycles. The number of carbonyl (C=O) groups excluding carboxylic acids is 1. The first-order chi connectivity index (χ1) is 15.4. The van der Waals surface area contributed by atoms with Crippen LogP contribution in [0.4, 0.5) is 13.2 Å². The van der Waals surface area contributed by atoms with E-state index in [0.29, 0.717) is 17.7 Å². The first kappa shape index (κ1) is 24.2. The van der Waals surface area contributed by atoms with Gasteiger partial charge in [-0.1, -0.05) is 25.1 Å². The number of aromatic nitrogens is 1. The molecule has 6 nitrogen and oxygen atoms in total. The lowest BCUT2D eigenvalue weighted by Crippen LogP contribution is -2.33. The van der Waals surface area contributed by atoms with Gasteiger partial charge in [-0.05, 0) is 54.4 Å². The molecule has 0 atom stereocenters.